The summed E-state index contributed by atoms with van der Waals surface area (Å²) in [4.78, 5) is 17.6. The third kappa shape index (κ3) is 6.09. The van der Waals surface area contributed by atoms with Gasteiger partial charge in [0.25, 0.3) is 0 Å². The molecule has 0 aliphatic heterocycles. The SMILES string of the molecule is c1ccc(-c2cccc(-c3nc(-c4ccccc4)nc(-c4cccc5oc6cc(N(c7ccc8ccccc8c7)c7ccc8c(c7)oc7ccccc78)ccc6c45)n3)c2)cc1. The molecule has 12 rings (SSSR count). The van der Waals surface area contributed by atoms with Gasteiger partial charge in [0.1, 0.15) is 22.3 Å². The summed E-state index contributed by atoms with van der Waals surface area (Å²) in [5, 5.41) is 6.43. The number of furan rings is 2. The van der Waals surface area contributed by atoms with Crippen LogP contribution in [-0.2, 0) is 0 Å². The zero-order chi connectivity index (χ0) is 40.3. The van der Waals surface area contributed by atoms with Crippen molar-refractivity contribution in [2.45, 2.75) is 0 Å². The number of nitrogens with zero attached hydrogens (tertiary/aromatic N) is 4. The van der Waals surface area contributed by atoms with Crippen molar-refractivity contribution >= 4 is 71.7 Å². The highest BCUT2D eigenvalue weighted by atomic mass is 16.3. The molecule has 0 aliphatic carbocycles. The molecule has 0 N–H and O–H groups in total. The fraction of sp³-hybridized carbons (Fsp3) is 0. The maximum Gasteiger partial charge on any atom is 0.164 e. The Balaban J connectivity index is 1.02. The Morgan fingerprint density at radius 3 is 1.67 bits per heavy atom. The maximum absolute atomic E-state index is 6.74. The molecule has 0 bridgehead atoms. The fourth-order valence-corrected chi connectivity index (χ4v) is 8.57. The van der Waals surface area contributed by atoms with Gasteiger partial charge in [0.05, 0.1) is 0 Å². The predicted octanol–water partition coefficient (Wildman–Crippen LogP) is 15.0. The number of hydrogen-bond donors (Lipinski definition) is 0. The van der Waals surface area contributed by atoms with E-state index in [1.165, 1.54) is 5.39 Å². The highest BCUT2D eigenvalue weighted by molar-refractivity contribution is 6.13. The smallest absolute Gasteiger partial charge is 0.164 e. The number of aromatic nitrogens is 3. The average Bonchev–Trinajstić information content (AvgIpc) is 3.90. The molecular formula is C55H34N4O2. The van der Waals surface area contributed by atoms with Gasteiger partial charge in [0.15, 0.2) is 17.5 Å². The lowest BCUT2D eigenvalue weighted by atomic mass is 10.0. The quantitative estimate of drug-likeness (QED) is 0.160. The van der Waals surface area contributed by atoms with Gasteiger partial charge in [-0.05, 0) is 76.5 Å². The number of fused-ring (bicyclic) bond motifs is 7. The zero-order valence-corrected chi connectivity index (χ0v) is 32.7. The summed E-state index contributed by atoms with van der Waals surface area (Å²) in [5.74, 6) is 1.77. The topological polar surface area (TPSA) is 68.2 Å². The second-order valence-corrected chi connectivity index (χ2v) is 15.2. The van der Waals surface area contributed by atoms with Crippen molar-refractivity contribution in [3.05, 3.63) is 206 Å². The Hall–Kier alpha value is -8.35. The normalized spacial score (nSPS) is 11.6. The van der Waals surface area contributed by atoms with Crippen molar-refractivity contribution in [1.29, 1.82) is 0 Å². The Kier molecular flexibility index (Phi) is 8.06. The first-order valence-electron chi connectivity index (χ1n) is 20.3. The summed E-state index contributed by atoms with van der Waals surface area (Å²) in [7, 11) is 0. The van der Waals surface area contributed by atoms with Crippen LogP contribution in [0.5, 0.6) is 0 Å². The monoisotopic (exact) mass is 782 g/mol. The summed E-state index contributed by atoms with van der Waals surface area (Å²) in [6.45, 7) is 0. The molecule has 0 aliphatic rings. The van der Waals surface area contributed by atoms with Gasteiger partial charge < -0.3 is 13.7 Å². The van der Waals surface area contributed by atoms with E-state index in [-0.39, 0.29) is 0 Å². The molecule has 3 heterocycles. The standard InChI is InChI=1S/C55H34N4O2/c1-3-13-35(14-4-1)38-19-11-20-40(31-38)54-56-53(37-16-5-2-6-17-37)57-55(58-54)47-22-12-24-49-52(47)46-30-28-43(34-51(46)61-49)59(41-26-25-36-15-7-8-18-39(36)32-41)42-27-29-45-44-21-9-10-23-48(44)60-50(45)33-42/h1-34H. The van der Waals surface area contributed by atoms with E-state index in [9.17, 15) is 0 Å². The largest absolute Gasteiger partial charge is 0.456 e. The number of para-hydroxylation sites is 1. The minimum Gasteiger partial charge on any atom is -0.456 e. The van der Waals surface area contributed by atoms with Crippen LogP contribution in [0.4, 0.5) is 17.1 Å². The van der Waals surface area contributed by atoms with Gasteiger partial charge in [-0.3, -0.25) is 0 Å². The summed E-state index contributed by atoms with van der Waals surface area (Å²) in [5.41, 5.74) is 11.1. The maximum atomic E-state index is 6.74. The highest BCUT2D eigenvalue weighted by Crippen LogP contribution is 2.43. The van der Waals surface area contributed by atoms with Gasteiger partial charge in [-0.2, -0.15) is 0 Å². The molecule has 286 valence electrons. The third-order valence-corrected chi connectivity index (χ3v) is 11.5. The zero-order valence-electron chi connectivity index (χ0n) is 32.7. The molecule has 0 saturated heterocycles. The highest BCUT2D eigenvalue weighted by Gasteiger charge is 2.21. The van der Waals surface area contributed by atoms with Crippen LogP contribution in [0.25, 0.3) is 99.9 Å². The van der Waals surface area contributed by atoms with Crippen LogP contribution < -0.4 is 4.90 Å². The minimum absolute atomic E-state index is 0.572. The van der Waals surface area contributed by atoms with E-state index in [1.54, 1.807) is 0 Å². The van der Waals surface area contributed by atoms with Gasteiger partial charge >= 0.3 is 0 Å². The first-order valence-corrected chi connectivity index (χ1v) is 20.3. The van der Waals surface area contributed by atoms with Gasteiger partial charge in [0.2, 0.25) is 0 Å². The van der Waals surface area contributed by atoms with Crippen molar-refractivity contribution in [1.82, 2.24) is 15.0 Å². The van der Waals surface area contributed by atoms with Crippen molar-refractivity contribution < 1.29 is 8.83 Å². The van der Waals surface area contributed by atoms with Crippen molar-refractivity contribution in [2.75, 3.05) is 4.90 Å². The Morgan fingerprint density at radius 2 is 0.852 bits per heavy atom. The second kappa shape index (κ2) is 14.2. The molecule has 61 heavy (non-hydrogen) atoms. The molecule has 0 spiro atoms. The van der Waals surface area contributed by atoms with E-state index in [1.807, 2.05) is 66.7 Å². The summed E-state index contributed by atoms with van der Waals surface area (Å²) in [6.07, 6.45) is 0. The average molecular weight is 783 g/mol. The van der Waals surface area contributed by atoms with Crippen molar-refractivity contribution in [3.8, 4) is 45.3 Å². The molecule has 0 atom stereocenters. The first kappa shape index (κ1) is 34.7. The van der Waals surface area contributed by atoms with E-state index in [0.29, 0.717) is 17.5 Å². The molecule has 0 saturated carbocycles. The molecule has 6 heteroatoms. The fourth-order valence-electron chi connectivity index (χ4n) is 8.57. The van der Waals surface area contributed by atoms with Gasteiger partial charge in [0, 0.05) is 67.4 Å². The molecule has 6 nitrogen and oxygen atoms in total. The molecule has 0 radical (unpaired) electrons. The minimum atomic E-state index is 0.572. The Bertz CT molecular complexity index is 3610. The van der Waals surface area contributed by atoms with Gasteiger partial charge in [-0.1, -0.05) is 140 Å². The van der Waals surface area contributed by atoms with E-state index < -0.39 is 0 Å². The lowest BCUT2D eigenvalue weighted by Gasteiger charge is -2.25. The van der Waals surface area contributed by atoms with E-state index >= 15 is 0 Å². The van der Waals surface area contributed by atoms with E-state index in [0.717, 1.165) is 94.1 Å². The molecule has 0 fully saturated rings. The number of anilines is 3. The van der Waals surface area contributed by atoms with Crippen LogP contribution in [0.15, 0.2) is 215 Å². The van der Waals surface area contributed by atoms with Crippen LogP contribution in [0.1, 0.15) is 0 Å². The molecule has 0 amide bonds. The molecular weight excluding hydrogens is 749 g/mol. The predicted molar refractivity (Wildman–Crippen MR) is 248 cm³/mol. The van der Waals surface area contributed by atoms with E-state index in [2.05, 4.69) is 144 Å². The lowest BCUT2D eigenvalue weighted by Crippen LogP contribution is -2.09. The second-order valence-electron chi connectivity index (χ2n) is 15.2. The summed E-state index contributed by atoms with van der Waals surface area (Å²) < 4.78 is 13.1. The summed E-state index contributed by atoms with van der Waals surface area (Å²) >= 11 is 0. The summed E-state index contributed by atoms with van der Waals surface area (Å²) in [6, 6.07) is 71.0. The van der Waals surface area contributed by atoms with Gasteiger partial charge in [-0.25, -0.2) is 15.0 Å². The number of benzene rings is 9. The molecule has 3 aromatic heterocycles. The lowest BCUT2D eigenvalue weighted by molar-refractivity contribution is 0.669. The number of rotatable bonds is 7. The van der Waals surface area contributed by atoms with Crippen LogP contribution in [0, 0.1) is 0 Å². The molecule has 12 aromatic rings. The van der Waals surface area contributed by atoms with Crippen LogP contribution in [0.2, 0.25) is 0 Å². The Labute approximate surface area is 350 Å². The third-order valence-electron chi connectivity index (χ3n) is 11.5. The van der Waals surface area contributed by atoms with Crippen molar-refractivity contribution in [3.63, 3.8) is 0 Å². The van der Waals surface area contributed by atoms with Crippen LogP contribution in [-0.4, -0.2) is 15.0 Å². The van der Waals surface area contributed by atoms with Crippen molar-refractivity contribution in [2.24, 2.45) is 0 Å². The van der Waals surface area contributed by atoms with E-state index in [4.69, 9.17) is 23.8 Å². The molecule has 0 unspecified atom stereocenters. The van der Waals surface area contributed by atoms with Gasteiger partial charge in [-0.15, -0.1) is 0 Å². The van der Waals surface area contributed by atoms with Crippen LogP contribution in [0.3, 0.4) is 0 Å². The number of hydrogen-bond acceptors (Lipinski definition) is 6. The Morgan fingerprint density at radius 1 is 0.311 bits per heavy atom. The first-order chi connectivity index (χ1) is 30.2. The molecule has 9 aromatic carbocycles. The van der Waals surface area contributed by atoms with Crippen LogP contribution >= 0.6 is 0 Å².